The lowest BCUT2D eigenvalue weighted by molar-refractivity contribution is -0.290. The first-order chi connectivity index (χ1) is 19.9. The van der Waals surface area contributed by atoms with Gasteiger partial charge in [-0.1, -0.05) is 0 Å². The van der Waals surface area contributed by atoms with Gasteiger partial charge >= 0.3 is 0 Å². The average Bonchev–Trinajstić information content (AvgIpc) is 3.22. The molecule has 2 aromatic carbocycles. The SMILES string of the molecule is O=c1c(OC2OC(COC3OC(CO)C(O)C3O)C(O)C(O)C2O)c(-c2ccc(O)c(O)c2)oc2cc(O)cc(O)c12. The topological polar surface area (TPSA) is 269 Å². The lowest BCUT2D eigenvalue weighted by Gasteiger charge is -2.40. The van der Waals surface area contributed by atoms with Gasteiger partial charge in [0, 0.05) is 17.7 Å². The molecular weight excluding hydrogens is 568 g/mol. The standard InChI is InChI=1S/C26H28O16/c27-6-14-17(32)21(36)25(40-14)38-7-15-18(33)20(35)22(37)26(41-15)42-24-19(34)16-12(31)4-9(28)5-13(16)39-23(24)8-1-2-10(29)11(30)3-8/h1-5,14-15,17-18,20-22,25-33,35-37H,6-7H2. The molecule has 0 amide bonds. The minimum atomic E-state index is -1.96. The molecular formula is C26H28O16. The van der Waals surface area contributed by atoms with Gasteiger partial charge in [-0.3, -0.25) is 4.79 Å². The van der Waals surface area contributed by atoms with Gasteiger partial charge in [0.15, 0.2) is 23.5 Å². The molecule has 0 saturated carbocycles. The highest BCUT2D eigenvalue weighted by atomic mass is 16.7. The van der Waals surface area contributed by atoms with E-state index in [2.05, 4.69) is 0 Å². The molecule has 42 heavy (non-hydrogen) atoms. The molecule has 2 aliphatic heterocycles. The van der Waals surface area contributed by atoms with Crippen LogP contribution in [0.25, 0.3) is 22.3 Å². The Kier molecular flexibility index (Phi) is 8.17. The van der Waals surface area contributed by atoms with Crippen LogP contribution in [-0.4, -0.2) is 120 Å². The third-order valence-electron chi connectivity index (χ3n) is 6.98. The normalized spacial score (nSPS) is 31.4. The Morgan fingerprint density at radius 1 is 0.738 bits per heavy atom. The minimum Gasteiger partial charge on any atom is -0.508 e. The largest absolute Gasteiger partial charge is 0.508 e. The number of aliphatic hydroxyl groups is 6. The summed E-state index contributed by atoms with van der Waals surface area (Å²) in [5.41, 5.74) is -1.35. The number of aromatic hydroxyl groups is 4. The number of ether oxygens (including phenoxy) is 4. The van der Waals surface area contributed by atoms with Crippen LogP contribution in [0.15, 0.2) is 39.5 Å². The van der Waals surface area contributed by atoms with Crippen molar-refractivity contribution < 1.29 is 74.4 Å². The van der Waals surface area contributed by atoms with E-state index in [0.717, 1.165) is 24.3 Å². The van der Waals surface area contributed by atoms with Crippen molar-refractivity contribution in [3.05, 3.63) is 40.6 Å². The van der Waals surface area contributed by atoms with Crippen molar-refractivity contribution in [2.75, 3.05) is 13.2 Å². The molecule has 2 aliphatic rings. The van der Waals surface area contributed by atoms with E-state index < -0.39 is 114 Å². The number of fused-ring (bicyclic) bond motifs is 1. The van der Waals surface area contributed by atoms with Crippen LogP contribution >= 0.6 is 0 Å². The highest BCUT2D eigenvalue weighted by molar-refractivity contribution is 5.88. The predicted octanol–water partition coefficient (Wildman–Crippen LogP) is -2.08. The number of phenolic OH excluding ortho intramolecular Hbond substituents is 4. The van der Waals surface area contributed by atoms with E-state index in [-0.39, 0.29) is 11.1 Å². The number of aliphatic hydroxyl groups excluding tert-OH is 6. The van der Waals surface area contributed by atoms with Gasteiger partial charge in [-0.2, -0.15) is 0 Å². The summed E-state index contributed by atoms with van der Waals surface area (Å²) in [4.78, 5) is 13.5. The molecule has 16 nitrogen and oxygen atoms in total. The Bertz CT molecular complexity index is 1510. The average molecular weight is 596 g/mol. The first-order valence-corrected chi connectivity index (χ1v) is 12.6. The zero-order valence-electron chi connectivity index (χ0n) is 21.4. The van der Waals surface area contributed by atoms with E-state index in [1.165, 1.54) is 6.07 Å². The molecule has 9 atom stereocenters. The van der Waals surface area contributed by atoms with Crippen molar-refractivity contribution in [3.63, 3.8) is 0 Å². The molecule has 3 aromatic rings. The molecule has 2 fully saturated rings. The second kappa shape index (κ2) is 11.5. The molecule has 1 aromatic heterocycles. The molecule has 0 aliphatic carbocycles. The third kappa shape index (κ3) is 5.31. The Morgan fingerprint density at radius 2 is 1.40 bits per heavy atom. The summed E-state index contributed by atoms with van der Waals surface area (Å²) in [6, 6.07) is 5.23. The van der Waals surface area contributed by atoms with Crippen molar-refractivity contribution in [1.29, 1.82) is 0 Å². The first kappa shape index (κ1) is 29.8. The fourth-order valence-corrected chi connectivity index (χ4v) is 4.69. The molecule has 10 N–H and O–H groups in total. The monoisotopic (exact) mass is 596 g/mol. The van der Waals surface area contributed by atoms with E-state index in [4.69, 9.17) is 23.4 Å². The van der Waals surface area contributed by atoms with E-state index in [9.17, 15) is 55.9 Å². The second-order valence-electron chi connectivity index (χ2n) is 9.80. The van der Waals surface area contributed by atoms with Crippen LogP contribution < -0.4 is 10.2 Å². The highest BCUT2D eigenvalue weighted by Gasteiger charge is 2.48. The fraction of sp³-hybridized carbons (Fsp3) is 0.423. The summed E-state index contributed by atoms with van der Waals surface area (Å²) in [5.74, 6) is -3.33. The van der Waals surface area contributed by atoms with Crippen LogP contribution in [0.1, 0.15) is 0 Å². The van der Waals surface area contributed by atoms with Gasteiger partial charge in [-0.25, -0.2) is 0 Å². The van der Waals surface area contributed by atoms with Gasteiger partial charge in [0.05, 0.1) is 13.2 Å². The van der Waals surface area contributed by atoms with Crippen molar-refractivity contribution in [1.82, 2.24) is 0 Å². The van der Waals surface area contributed by atoms with Crippen LogP contribution in [0.4, 0.5) is 0 Å². The molecule has 2 saturated heterocycles. The van der Waals surface area contributed by atoms with Gasteiger partial charge in [0.2, 0.25) is 17.5 Å². The quantitative estimate of drug-likeness (QED) is 0.131. The maximum absolute atomic E-state index is 13.5. The summed E-state index contributed by atoms with van der Waals surface area (Å²) in [5, 5.41) is 100. The molecule has 0 spiro atoms. The van der Waals surface area contributed by atoms with E-state index in [1.807, 2.05) is 0 Å². The zero-order valence-corrected chi connectivity index (χ0v) is 21.4. The van der Waals surface area contributed by atoms with Crippen LogP contribution in [-0.2, 0) is 14.2 Å². The number of hydrogen-bond donors (Lipinski definition) is 10. The number of hydrogen-bond acceptors (Lipinski definition) is 16. The summed E-state index contributed by atoms with van der Waals surface area (Å²) in [6.07, 6.45) is -14.6. The maximum atomic E-state index is 13.5. The Hall–Kier alpha value is -3.71. The number of rotatable bonds is 7. The van der Waals surface area contributed by atoms with Crippen LogP contribution in [0.3, 0.4) is 0 Å². The summed E-state index contributed by atoms with van der Waals surface area (Å²) in [7, 11) is 0. The molecule has 16 heteroatoms. The van der Waals surface area contributed by atoms with E-state index in [1.54, 1.807) is 0 Å². The molecule has 0 bridgehead atoms. The van der Waals surface area contributed by atoms with E-state index in [0.29, 0.717) is 0 Å². The summed E-state index contributed by atoms with van der Waals surface area (Å²) in [6.45, 7) is -1.21. The highest BCUT2D eigenvalue weighted by Crippen LogP contribution is 2.39. The number of benzene rings is 2. The van der Waals surface area contributed by atoms with Crippen molar-refractivity contribution >= 4 is 11.0 Å². The molecule has 3 heterocycles. The lowest BCUT2D eigenvalue weighted by atomic mass is 9.99. The van der Waals surface area contributed by atoms with Crippen molar-refractivity contribution in [2.24, 2.45) is 0 Å². The Balaban J connectivity index is 1.48. The summed E-state index contributed by atoms with van der Waals surface area (Å²) >= 11 is 0. The Morgan fingerprint density at radius 3 is 2.07 bits per heavy atom. The Labute approximate surface area is 235 Å². The van der Waals surface area contributed by atoms with Crippen molar-refractivity contribution in [3.8, 4) is 40.1 Å². The molecule has 0 radical (unpaired) electrons. The lowest BCUT2D eigenvalue weighted by Crippen LogP contribution is -2.60. The van der Waals surface area contributed by atoms with E-state index >= 15 is 0 Å². The van der Waals surface area contributed by atoms with Crippen LogP contribution in [0, 0.1) is 0 Å². The zero-order chi connectivity index (χ0) is 30.5. The third-order valence-corrected chi connectivity index (χ3v) is 6.98. The molecule has 9 unspecified atom stereocenters. The van der Waals surface area contributed by atoms with Gasteiger partial charge in [0.25, 0.3) is 0 Å². The first-order valence-electron chi connectivity index (χ1n) is 12.6. The minimum absolute atomic E-state index is 0.0303. The predicted molar refractivity (Wildman–Crippen MR) is 136 cm³/mol. The molecule has 5 rings (SSSR count). The number of phenols is 4. The van der Waals surface area contributed by atoms with Gasteiger partial charge < -0.3 is 74.4 Å². The van der Waals surface area contributed by atoms with Gasteiger partial charge in [-0.05, 0) is 18.2 Å². The van der Waals surface area contributed by atoms with Crippen LogP contribution in [0.2, 0.25) is 0 Å². The molecule has 228 valence electrons. The smallest absolute Gasteiger partial charge is 0.239 e. The van der Waals surface area contributed by atoms with Crippen LogP contribution in [0.5, 0.6) is 28.7 Å². The maximum Gasteiger partial charge on any atom is 0.239 e. The second-order valence-corrected chi connectivity index (χ2v) is 9.80. The summed E-state index contributed by atoms with van der Waals surface area (Å²) < 4.78 is 27.5. The van der Waals surface area contributed by atoms with Gasteiger partial charge in [-0.15, -0.1) is 0 Å². The van der Waals surface area contributed by atoms with Gasteiger partial charge in [0.1, 0.15) is 65.2 Å². The van der Waals surface area contributed by atoms with Crippen molar-refractivity contribution in [2.45, 2.75) is 55.3 Å². The fourth-order valence-electron chi connectivity index (χ4n) is 4.69.